The highest BCUT2D eigenvalue weighted by Crippen LogP contribution is 2.35. The van der Waals surface area contributed by atoms with Crippen LogP contribution in [0.1, 0.15) is 12.0 Å². The van der Waals surface area contributed by atoms with Crippen LogP contribution in [0.3, 0.4) is 0 Å². The Morgan fingerprint density at radius 1 is 1.44 bits per heavy atom. The van der Waals surface area contributed by atoms with Crippen LogP contribution in [0.15, 0.2) is 18.2 Å². The van der Waals surface area contributed by atoms with Crippen molar-refractivity contribution in [2.75, 3.05) is 18.0 Å². The Morgan fingerprint density at radius 3 is 3.19 bits per heavy atom. The molecule has 0 aliphatic carbocycles. The molecule has 84 valence electrons. The number of hydrogen-bond donors (Lipinski definition) is 1. The van der Waals surface area contributed by atoms with E-state index in [-0.39, 0.29) is 5.91 Å². The van der Waals surface area contributed by atoms with Crippen molar-refractivity contribution in [3.05, 3.63) is 28.8 Å². The Kier molecular flexibility index (Phi) is 2.28. The molecule has 3 rings (SSSR count). The molecule has 1 aromatic rings. The lowest BCUT2D eigenvalue weighted by Gasteiger charge is -2.41. The van der Waals surface area contributed by atoms with Crippen molar-refractivity contribution in [2.24, 2.45) is 0 Å². The van der Waals surface area contributed by atoms with Crippen LogP contribution in [-0.2, 0) is 11.2 Å². The van der Waals surface area contributed by atoms with E-state index < -0.39 is 0 Å². The van der Waals surface area contributed by atoms with Gasteiger partial charge in [0.05, 0.1) is 6.54 Å². The minimum atomic E-state index is 0.101. The Hall–Kier alpha value is -1.22. The second-order valence-electron chi connectivity index (χ2n) is 4.36. The number of hydrogen-bond acceptors (Lipinski definition) is 2. The van der Waals surface area contributed by atoms with E-state index in [4.69, 9.17) is 11.6 Å². The summed E-state index contributed by atoms with van der Waals surface area (Å²) in [4.78, 5) is 13.6. The first-order chi connectivity index (χ1) is 7.75. The van der Waals surface area contributed by atoms with Crippen molar-refractivity contribution >= 4 is 23.2 Å². The van der Waals surface area contributed by atoms with Gasteiger partial charge < -0.3 is 10.2 Å². The number of benzene rings is 1. The van der Waals surface area contributed by atoms with Crippen LogP contribution in [0.4, 0.5) is 5.69 Å². The molecule has 0 radical (unpaired) electrons. The molecule has 1 amide bonds. The Morgan fingerprint density at radius 2 is 2.31 bits per heavy atom. The zero-order valence-corrected chi connectivity index (χ0v) is 9.63. The van der Waals surface area contributed by atoms with Crippen LogP contribution in [0, 0.1) is 0 Å². The first kappa shape index (κ1) is 9.97. The number of halogens is 1. The largest absolute Gasteiger partial charge is 0.357 e. The van der Waals surface area contributed by atoms with Crippen molar-refractivity contribution < 1.29 is 4.79 Å². The van der Waals surface area contributed by atoms with Crippen molar-refractivity contribution in [3.63, 3.8) is 0 Å². The highest BCUT2D eigenvalue weighted by atomic mass is 35.5. The van der Waals surface area contributed by atoms with Crippen LogP contribution < -0.4 is 10.2 Å². The minimum absolute atomic E-state index is 0.101. The summed E-state index contributed by atoms with van der Waals surface area (Å²) in [5.41, 5.74) is 2.33. The van der Waals surface area contributed by atoms with Gasteiger partial charge in [0.2, 0.25) is 5.91 Å². The molecule has 1 fully saturated rings. The zero-order valence-electron chi connectivity index (χ0n) is 8.87. The van der Waals surface area contributed by atoms with E-state index in [0.29, 0.717) is 12.6 Å². The normalized spacial score (nSPS) is 23.4. The fraction of sp³-hybridized carbons (Fsp3) is 0.417. The molecule has 1 saturated heterocycles. The molecular formula is C12H13ClN2O. The predicted molar refractivity (Wildman–Crippen MR) is 63.9 cm³/mol. The van der Waals surface area contributed by atoms with Gasteiger partial charge in [0.25, 0.3) is 0 Å². The fourth-order valence-electron chi connectivity index (χ4n) is 2.60. The van der Waals surface area contributed by atoms with Gasteiger partial charge in [-0.1, -0.05) is 17.7 Å². The molecule has 4 heteroatoms. The molecular weight excluding hydrogens is 224 g/mol. The van der Waals surface area contributed by atoms with Gasteiger partial charge in [-0.25, -0.2) is 0 Å². The van der Waals surface area contributed by atoms with Crippen LogP contribution >= 0.6 is 11.6 Å². The van der Waals surface area contributed by atoms with E-state index >= 15 is 0 Å². The summed E-state index contributed by atoms with van der Waals surface area (Å²) in [6.07, 6.45) is 2.07. The predicted octanol–water partition coefficient (Wildman–Crippen LogP) is 1.59. The summed E-state index contributed by atoms with van der Waals surface area (Å²) in [7, 11) is 0. The van der Waals surface area contributed by atoms with Gasteiger partial charge in [-0.2, -0.15) is 0 Å². The number of anilines is 1. The monoisotopic (exact) mass is 236 g/mol. The standard InChI is InChI=1S/C12H13ClN2O/c13-10-2-1-3-11-9(10)5-4-8-6-14-12(16)7-15(8)11/h1-3,8H,4-7H2,(H,14,16). The number of nitrogens with zero attached hydrogens (tertiary/aromatic N) is 1. The number of amides is 1. The molecule has 16 heavy (non-hydrogen) atoms. The summed E-state index contributed by atoms with van der Waals surface area (Å²) in [5, 5.41) is 3.73. The second-order valence-corrected chi connectivity index (χ2v) is 4.77. The highest BCUT2D eigenvalue weighted by molar-refractivity contribution is 6.31. The van der Waals surface area contributed by atoms with E-state index in [1.807, 2.05) is 12.1 Å². The van der Waals surface area contributed by atoms with Gasteiger partial charge in [-0.15, -0.1) is 0 Å². The third kappa shape index (κ3) is 1.47. The molecule has 1 N–H and O–H groups in total. The van der Waals surface area contributed by atoms with Gasteiger partial charge in [-0.3, -0.25) is 4.79 Å². The maximum absolute atomic E-state index is 11.4. The first-order valence-corrected chi connectivity index (χ1v) is 5.94. The maximum atomic E-state index is 11.4. The highest BCUT2D eigenvalue weighted by Gasteiger charge is 2.31. The number of carbonyl (C=O) groups excluding carboxylic acids is 1. The van der Waals surface area contributed by atoms with E-state index in [1.165, 1.54) is 5.56 Å². The third-order valence-electron chi connectivity index (χ3n) is 3.42. The summed E-state index contributed by atoms with van der Waals surface area (Å²) < 4.78 is 0. The lowest BCUT2D eigenvalue weighted by molar-refractivity contribution is -0.120. The summed E-state index contributed by atoms with van der Waals surface area (Å²) >= 11 is 6.18. The smallest absolute Gasteiger partial charge is 0.239 e. The zero-order chi connectivity index (χ0) is 11.1. The molecule has 2 aliphatic heterocycles. The lowest BCUT2D eigenvalue weighted by atomic mass is 9.94. The van der Waals surface area contributed by atoms with Crippen molar-refractivity contribution in [1.82, 2.24) is 5.32 Å². The first-order valence-electron chi connectivity index (χ1n) is 5.56. The molecule has 1 unspecified atom stereocenters. The SMILES string of the molecule is O=C1CN2c3cccc(Cl)c3CCC2CN1. The second kappa shape index (κ2) is 3.67. The topological polar surface area (TPSA) is 32.3 Å². The third-order valence-corrected chi connectivity index (χ3v) is 3.77. The number of fused-ring (bicyclic) bond motifs is 3. The molecule has 2 aliphatic rings. The van der Waals surface area contributed by atoms with Crippen molar-refractivity contribution in [1.29, 1.82) is 0 Å². The summed E-state index contributed by atoms with van der Waals surface area (Å²) in [6, 6.07) is 6.37. The molecule has 1 atom stereocenters. The minimum Gasteiger partial charge on any atom is -0.357 e. The molecule has 0 bridgehead atoms. The molecule has 1 aromatic carbocycles. The number of rotatable bonds is 0. The lowest BCUT2D eigenvalue weighted by Crippen LogP contribution is -2.56. The van der Waals surface area contributed by atoms with Crippen molar-refractivity contribution in [2.45, 2.75) is 18.9 Å². The Bertz CT molecular complexity index is 447. The van der Waals surface area contributed by atoms with E-state index in [2.05, 4.69) is 16.3 Å². The van der Waals surface area contributed by atoms with Crippen LogP contribution in [-0.4, -0.2) is 25.0 Å². The van der Waals surface area contributed by atoms with Crippen LogP contribution in [0.5, 0.6) is 0 Å². The van der Waals surface area contributed by atoms with Crippen LogP contribution in [0.2, 0.25) is 5.02 Å². The van der Waals surface area contributed by atoms with E-state index in [1.54, 1.807) is 0 Å². The molecule has 3 nitrogen and oxygen atoms in total. The molecule has 0 aromatic heterocycles. The number of nitrogens with one attached hydrogen (secondary N) is 1. The Balaban J connectivity index is 2.03. The van der Waals surface area contributed by atoms with Gasteiger partial charge in [0.1, 0.15) is 0 Å². The summed E-state index contributed by atoms with van der Waals surface area (Å²) in [5.74, 6) is 0.101. The number of carbonyl (C=O) groups is 1. The Labute approximate surface area is 99.4 Å². The number of piperazine rings is 1. The van der Waals surface area contributed by atoms with Gasteiger partial charge in [0, 0.05) is 23.3 Å². The molecule has 0 saturated carbocycles. The van der Waals surface area contributed by atoms with E-state index in [9.17, 15) is 4.79 Å². The quantitative estimate of drug-likeness (QED) is 0.742. The molecule has 2 heterocycles. The van der Waals surface area contributed by atoms with Crippen LogP contribution in [0.25, 0.3) is 0 Å². The average molecular weight is 237 g/mol. The van der Waals surface area contributed by atoms with Gasteiger partial charge in [0.15, 0.2) is 0 Å². The van der Waals surface area contributed by atoms with Gasteiger partial charge in [-0.05, 0) is 30.5 Å². The van der Waals surface area contributed by atoms with Gasteiger partial charge >= 0.3 is 0 Å². The average Bonchev–Trinajstić information content (AvgIpc) is 2.29. The van der Waals surface area contributed by atoms with Crippen molar-refractivity contribution in [3.8, 4) is 0 Å². The van der Waals surface area contributed by atoms with E-state index in [0.717, 1.165) is 30.1 Å². The fourth-order valence-corrected chi connectivity index (χ4v) is 2.86. The summed E-state index contributed by atoms with van der Waals surface area (Å²) in [6.45, 7) is 1.21. The molecule has 0 spiro atoms. The maximum Gasteiger partial charge on any atom is 0.239 e.